The topological polar surface area (TPSA) is 74.7 Å². The highest BCUT2D eigenvalue weighted by Gasteiger charge is 2.48. The molecule has 2 aromatic carbocycles. The number of benzene rings is 2. The Hall–Kier alpha value is -3.55. The molecule has 1 saturated carbocycles. The summed E-state index contributed by atoms with van der Waals surface area (Å²) in [5, 5.41) is 0. The summed E-state index contributed by atoms with van der Waals surface area (Å²) >= 11 is 0. The summed E-state index contributed by atoms with van der Waals surface area (Å²) in [6.07, 6.45) is 4.77. The number of piperazine rings is 1. The van der Waals surface area contributed by atoms with Crippen LogP contribution < -0.4 is 14.4 Å². The van der Waals surface area contributed by atoms with Crippen molar-refractivity contribution in [3.8, 4) is 11.5 Å². The summed E-state index contributed by atoms with van der Waals surface area (Å²) in [6, 6.07) is 15.4. The Bertz CT molecular complexity index is 1120. The van der Waals surface area contributed by atoms with Crippen LogP contribution in [0.4, 0.5) is 5.69 Å². The summed E-state index contributed by atoms with van der Waals surface area (Å²) in [6.45, 7) is 2.85. The Kier molecular flexibility index (Phi) is 6.85. The Balaban J connectivity index is 1.27. The largest absolute Gasteiger partial charge is 0.497 e. The van der Waals surface area contributed by atoms with Gasteiger partial charge in [0.05, 0.1) is 14.2 Å². The molecule has 2 aliphatic heterocycles. The molecule has 1 aliphatic carbocycles. The number of nitrogens with zero attached hydrogens (tertiary/aromatic N) is 4. The van der Waals surface area contributed by atoms with E-state index in [1.54, 1.807) is 19.1 Å². The average Bonchev–Trinajstić information content (AvgIpc) is 3.19. The van der Waals surface area contributed by atoms with Crippen LogP contribution in [0.1, 0.15) is 37.7 Å². The van der Waals surface area contributed by atoms with Gasteiger partial charge in [0, 0.05) is 37.4 Å². The third-order valence-electron chi connectivity index (χ3n) is 7.65. The predicted molar refractivity (Wildman–Crippen MR) is 139 cm³/mol. The number of amides is 2. The van der Waals surface area contributed by atoms with Crippen LogP contribution in [0, 0.1) is 0 Å². The highest BCUT2D eigenvalue weighted by atomic mass is 16.5. The molecule has 2 heterocycles. The van der Waals surface area contributed by atoms with Gasteiger partial charge in [-0.1, -0.05) is 6.42 Å². The smallest absolute Gasteiger partial charge is 0.275 e. The first-order chi connectivity index (χ1) is 17.5. The molecule has 0 aromatic heterocycles. The van der Waals surface area contributed by atoms with Gasteiger partial charge in [0.25, 0.3) is 5.91 Å². The fraction of sp³-hybridized carbons (Fsp3) is 0.464. The minimum Gasteiger partial charge on any atom is -0.497 e. The maximum absolute atomic E-state index is 13.6. The van der Waals surface area contributed by atoms with E-state index in [-0.39, 0.29) is 18.4 Å². The Morgan fingerprint density at radius 3 is 2.03 bits per heavy atom. The van der Waals surface area contributed by atoms with Crippen molar-refractivity contribution < 1.29 is 19.1 Å². The van der Waals surface area contributed by atoms with E-state index in [4.69, 9.17) is 14.5 Å². The summed E-state index contributed by atoms with van der Waals surface area (Å²) in [5.74, 6) is 1.41. The molecule has 8 heteroatoms. The van der Waals surface area contributed by atoms with Crippen molar-refractivity contribution in [1.29, 1.82) is 0 Å². The molecule has 2 amide bonds. The van der Waals surface area contributed by atoms with E-state index in [9.17, 15) is 9.59 Å². The number of aliphatic imine (C=N–C) groups is 1. The van der Waals surface area contributed by atoms with Gasteiger partial charge in [-0.05, 0) is 74.2 Å². The zero-order valence-corrected chi connectivity index (χ0v) is 21.1. The van der Waals surface area contributed by atoms with Crippen molar-refractivity contribution in [2.24, 2.45) is 4.99 Å². The van der Waals surface area contributed by atoms with Crippen LogP contribution in [-0.2, 0) is 9.59 Å². The molecular formula is C28H34N4O4. The summed E-state index contributed by atoms with van der Waals surface area (Å²) in [7, 11) is 3.28. The Morgan fingerprint density at radius 1 is 0.861 bits per heavy atom. The number of carbonyl (C=O) groups is 2. The molecule has 1 saturated heterocycles. The van der Waals surface area contributed by atoms with E-state index in [1.165, 1.54) is 0 Å². The molecule has 0 atom stereocenters. The van der Waals surface area contributed by atoms with E-state index >= 15 is 0 Å². The number of rotatable bonds is 6. The van der Waals surface area contributed by atoms with Crippen molar-refractivity contribution in [1.82, 2.24) is 9.80 Å². The number of hydrogen-bond donors (Lipinski definition) is 0. The Labute approximate surface area is 212 Å². The summed E-state index contributed by atoms with van der Waals surface area (Å²) in [4.78, 5) is 37.9. The lowest BCUT2D eigenvalue weighted by Gasteiger charge is -2.41. The summed E-state index contributed by atoms with van der Waals surface area (Å²) < 4.78 is 10.5. The van der Waals surface area contributed by atoms with Crippen molar-refractivity contribution in [3.63, 3.8) is 0 Å². The molecule has 2 fully saturated rings. The number of carbonyl (C=O) groups excluding carboxylic acids is 2. The van der Waals surface area contributed by atoms with Crippen LogP contribution >= 0.6 is 0 Å². The van der Waals surface area contributed by atoms with Crippen molar-refractivity contribution in [2.45, 2.75) is 37.8 Å². The van der Waals surface area contributed by atoms with E-state index in [0.29, 0.717) is 18.8 Å². The van der Waals surface area contributed by atoms with Gasteiger partial charge in [0.15, 0.2) is 0 Å². The first-order valence-corrected chi connectivity index (χ1v) is 12.8. The maximum atomic E-state index is 13.6. The highest BCUT2D eigenvalue weighted by molar-refractivity contribution is 6.47. The fourth-order valence-electron chi connectivity index (χ4n) is 5.53. The van der Waals surface area contributed by atoms with Crippen molar-refractivity contribution in [2.75, 3.05) is 51.8 Å². The first kappa shape index (κ1) is 24.2. The quantitative estimate of drug-likeness (QED) is 0.621. The number of ether oxygens (including phenoxy) is 2. The fourth-order valence-corrected chi connectivity index (χ4v) is 5.53. The monoisotopic (exact) mass is 490 g/mol. The maximum Gasteiger partial charge on any atom is 0.275 e. The van der Waals surface area contributed by atoms with Gasteiger partial charge in [-0.25, -0.2) is 0 Å². The van der Waals surface area contributed by atoms with Crippen LogP contribution in [0.5, 0.6) is 11.5 Å². The second kappa shape index (κ2) is 10.2. The first-order valence-electron chi connectivity index (χ1n) is 12.8. The molecule has 36 heavy (non-hydrogen) atoms. The van der Waals surface area contributed by atoms with E-state index in [1.807, 2.05) is 53.4 Å². The lowest BCUT2D eigenvalue weighted by atomic mass is 9.88. The minimum absolute atomic E-state index is 0.00568. The molecule has 0 radical (unpaired) electrons. The second-order valence-corrected chi connectivity index (χ2v) is 9.69. The van der Waals surface area contributed by atoms with Crippen LogP contribution in [0.2, 0.25) is 0 Å². The van der Waals surface area contributed by atoms with Gasteiger partial charge >= 0.3 is 0 Å². The third-order valence-corrected chi connectivity index (χ3v) is 7.65. The minimum atomic E-state index is -0.606. The van der Waals surface area contributed by atoms with E-state index in [2.05, 4.69) is 4.90 Å². The molecule has 5 rings (SSSR count). The molecule has 0 bridgehead atoms. The van der Waals surface area contributed by atoms with Crippen LogP contribution in [0.25, 0.3) is 0 Å². The van der Waals surface area contributed by atoms with E-state index < -0.39 is 5.66 Å². The van der Waals surface area contributed by atoms with Crippen molar-refractivity contribution in [3.05, 3.63) is 54.1 Å². The molecule has 0 unspecified atom stereocenters. The van der Waals surface area contributed by atoms with Gasteiger partial charge in [-0.2, -0.15) is 0 Å². The van der Waals surface area contributed by atoms with E-state index in [0.717, 1.165) is 67.9 Å². The van der Waals surface area contributed by atoms with Crippen molar-refractivity contribution >= 4 is 23.2 Å². The van der Waals surface area contributed by atoms with Gasteiger partial charge in [0.1, 0.15) is 29.4 Å². The third kappa shape index (κ3) is 4.64. The van der Waals surface area contributed by atoms with Crippen LogP contribution in [-0.4, -0.2) is 79.9 Å². The lowest BCUT2D eigenvalue weighted by Crippen LogP contribution is -2.55. The number of hydrogen-bond acceptors (Lipinski definition) is 6. The number of methoxy groups -OCH3 is 2. The SMILES string of the molecule is COc1ccc(C2=NC3(CCCCC3)N(CC(=O)N3CCN(c4ccc(OC)cc4)CC3)C2=O)cc1. The van der Waals surface area contributed by atoms with Gasteiger partial charge in [-0.15, -0.1) is 0 Å². The number of anilines is 1. The van der Waals surface area contributed by atoms with Gasteiger partial charge < -0.3 is 24.2 Å². The predicted octanol–water partition coefficient (Wildman–Crippen LogP) is 3.34. The standard InChI is InChI=1S/C28H34N4O4/c1-35-23-10-6-21(7-11-23)26-27(34)32(28(29-26)14-4-3-5-15-28)20-25(33)31-18-16-30(17-19-31)22-8-12-24(36-2)13-9-22/h6-13H,3-5,14-20H2,1-2H3. The van der Waals surface area contributed by atoms with Crippen LogP contribution in [0.15, 0.2) is 53.5 Å². The Morgan fingerprint density at radius 2 is 1.44 bits per heavy atom. The van der Waals surface area contributed by atoms with Gasteiger partial charge in [-0.3, -0.25) is 14.6 Å². The summed E-state index contributed by atoms with van der Waals surface area (Å²) in [5.41, 5.74) is 1.74. The molecular weight excluding hydrogens is 456 g/mol. The normalized spacial score (nSPS) is 19.4. The molecule has 2 aromatic rings. The average molecular weight is 491 g/mol. The highest BCUT2D eigenvalue weighted by Crippen LogP contribution is 2.39. The van der Waals surface area contributed by atoms with Gasteiger partial charge in [0.2, 0.25) is 5.91 Å². The zero-order chi connectivity index (χ0) is 25.1. The second-order valence-electron chi connectivity index (χ2n) is 9.69. The van der Waals surface area contributed by atoms with Crippen LogP contribution in [0.3, 0.4) is 0 Å². The zero-order valence-electron chi connectivity index (χ0n) is 21.1. The molecule has 190 valence electrons. The molecule has 1 spiro atoms. The molecule has 0 N–H and O–H groups in total. The molecule has 3 aliphatic rings. The lowest BCUT2D eigenvalue weighted by molar-refractivity contribution is -0.141. The molecule has 8 nitrogen and oxygen atoms in total.